The molecule has 162 valence electrons. The van der Waals surface area contributed by atoms with Gasteiger partial charge < -0.3 is 9.57 Å². The van der Waals surface area contributed by atoms with Crippen molar-refractivity contribution >= 4 is 23.9 Å². The highest BCUT2D eigenvalue weighted by molar-refractivity contribution is 6.20. The molecule has 0 saturated heterocycles. The van der Waals surface area contributed by atoms with Gasteiger partial charge in [0.2, 0.25) is 0 Å². The zero-order valence-corrected chi connectivity index (χ0v) is 17.8. The van der Waals surface area contributed by atoms with E-state index in [9.17, 15) is 19.2 Å². The fraction of sp³-hybridized carbons (Fsp3) is 0.304. The lowest BCUT2D eigenvalue weighted by Gasteiger charge is -2.30. The van der Waals surface area contributed by atoms with Crippen molar-refractivity contribution in [1.82, 2.24) is 9.96 Å². The Morgan fingerprint density at radius 1 is 0.935 bits per heavy atom. The van der Waals surface area contributed by atoms with Gasteiger partial charge in [0.25, 0.3) is 11.8 Å². The van der Waals surface area contributed by atoms with Gasteiger partial charge in [-0.1, -0.05) is 47.5 Å². The van der Waals surface area contributed by atoms with Crippen LogP contribution in [0.2, 0.25) is 0 Å². The van der Waals surface area contributed by atoms with E-state index in [1.54, 1.807) is 57.2 Å². The Hall–Kier alpha value is -3.68. The topological polar surface area (TPSA) is 93.2 Å². The summed E-state index contributed by atoms with van der Waals surface area (Å²) in [4.78, 5) is 57.0. The zero-order chi connectivity index (χ0) is 22.8. The summed E-state index contributed by atoms with van der Waals surface area (Å²) in [6, 6.07) is 14.1. The van der Waals surface area contributed by atoms with Crippen LogP contribution in [0.5, 0.6) is 0 Å². The maximum Gasteiger partial charge on any atom is 0.410 e. The molecular weight excluding hydrogens is 400 g/mol. The van der Waals surface area contributed by atoms with Gasteiger partial charge >= 0.3 is 12.1 Å². The number of carbonyl (C=O) groups excluding carboxylic acids is 4. The normalized spacial score (nSPS) is 14.1. The van der Waals surface area contributed by atoms with E-state index < -0.39 is 35.5 Å². The van der Waals surface area contributed by atoms with Gasteiger partial charge in [-0.15, -0.1) is 0 Å². The smallest absolute Gasteiger partial charge is 0.410 e. The van der Waals surface area contributed by atoms with E-state index in [-0.39, 0.29) is 17.5 Å². The van der Waals surface area contributed by atoms with E-state index in [2.05, 4.69) is 0 Å². The number of rotatable bonds is 5. The van der Waals surface area contributed by atoms with Gasteiger partial charge in [0.1, 0.15) is 11.6 Å². The van der Waals surface area contributed by atoms with Crippen molar-refractivity contribution in [1.29, 1.82) is 0 Å². The molecule has 0 radical (unpaired) electrons. The second kappa shape index (κ2) is 8.59. The monoisotopic (exact) mass is 424 g/mol. The number of likely N-dealkylation sites (N-methyl/N-ethyl adjacent to an activating group) is 1. The third-order valence-corrected chi connectivity index (χ3v) is 4.63. The van der Waals surface area contributed by atoms with E-state index in [1.165, 1.54) is 19.2 Å². The molecule has 3 amide bonds. The summed E-state index contributed by atoms with van der Waals surface area (Å²) in [5.41, 5.74) is 0.303. The maximum absolute atomic E-state index is 13.0. The van der Waals surface area contributed by atoms with Gasteiger partial charge in [-0.2, -0.15) is 0 Å². The van der Waals surface area contributed by atoms with Crippen LogP contribution in [0, 0.1) is 0 Å². The molecule has 2 aromatic rings. The predicted molar refractivity (Wildman–Crippen MR) is 111 cm³/mol. The number of hydrogen-bond donors (Lipinski definition) is 0. The molecule has 31 heavy (non-hydrogen) atoms. The van der Waals surface area contributed by atoms with E-state index in [0.717, 1.165) is 10.5 Å². The first-order chi connectivity index (χ1) is 14.6. The molecule has 0 saturated carbocycles. The number of fused-ring (bicyclic) bond motifs is 1. The Kier molecular flexibility index (Phi) is 6.10. The Morgan fingerprint density at radius 2 is 1.45 bits per heavy atom. The van der Waals surface area contributed by atoms with Crippen molar-refractivity contribution in [3.8, 4) is 0 Å². The molecule has 0 aromatic heterocycles. The lowest BCUT2D eigenvalue weighted by Crippen LogP contribution is -2.49. The minimum atomic E-state index is -1.12. The van der Waals surface area contributed by atoms with Crippen LogP contribution < -0.4 is 0 Å². The molecule has 8 nitrogen and oxygen atoms in total. The molecule has 0 aliphatic carbocycles. The third kappa shape index (κ3) is 4.91. The molecule has 1 heterocycles. The Labute approximate surface area is 180 Å². The fourth-order valence-electron chi connectivity index (χ4n) is 3.08. The highest BCUT2D eigenvalue weighted by atomic mass is 16.7. The molecule has 0 fully saturated rings. The van der Waals surface area contributed by atoms with E-state index in [4.69, 9.17) is 9.57 Å². The molecule has 1 aliphatic heterocycles. The summed E-state index contributed by atoms with van der Waals surface area (Å²) in [6.45, 7) is 5.13. The van der Waals surface area contributed by atoms with Crippen molar-refractivity contribution in [2.45, 2.75) is 38.8 Å². The van der Waals surface area contributed by atoms with Crippen LogP contribution in [-0.4, -0.2) is 52.5 Å². The lowest BCUT2D eigenvalue weighted by atomic mass is 10.1. The van der Waals surface area contributed by atoms with Crippen molar-refractivity contribution in [2.24, 2.45) is 0 Å². The lowest BCUT2D eigenvalue weighted by molar-refractivity contribution is -0.174. The van der Waals surface area contributed by atoms with E-state index in [1.807, 2.05) is 6.07 Å². The SMILES string of the molecule is CN(C(=O)OC(C)(C)C)C(Cc1ccccc1)C(=O)ON1C(=O)c2ccccc2C1=O. The quantitative estimate of drug-likeness (QED) is 0.684. The number of ether oxygens (including phenoxy) is 1. The van der Waals surface area contributed by atoms with Crippen LogP contribution in [0.15, 0.2) is 54.6 Å². The molecule has 3 rings (SSSR count). The second-order valence-electron chi connectivity index (χ2n) is 8.16. The largest absolute Gasteiger partial charge is 0.444 e. The van der Waals surface area contributed by atoms with E-state index >= 15 is 0 Å². The van der Waals surface area contributed by atoms with E-state index in [0.29, 0.717) is 5.06 Å². The van der Waals surface area contributed by atoms with Crippen molar-refractivity contribution in [3.63, 3.8) is 0 Å². The number of hydrogen-bond acceptors (Lipinski definition) is 6. The van der Waals surface area contributed by atoms with Gasteiger partial charge in [0, 0.05) is 13.5 Å². The molecule has 2 aromatic carbocycles. The van der Waals surface area contributed by atoms with Crippen LogP contribution in [0.3, 0.4) is 0 Å². The van der Waals surface area contributed by atoms with Crippen molar-refractivity contribution in [3.05, 3.63) is 71.3 Å². The number of hydroxylamine groups is 2. The number of nitrogens with zero attached hydrogens (tertiary/aromatic N) is 2. The van der Waals surface area contributed by atoms with Crippen LogP contribution in [0.25, 0.3) is 0 Å². The van der Waals surface area contributed by atoms with Crippen LogP contribution in [0.4, 0.5) is 4.79 Å². The average Bonchev–Trinajstić information content (AvgIpc) is 2.96. The summed E-state index contributed by atoms with van der Waals surface area (Å²) in [5.74, 6) is -2.38. The van der Waals surface area contributed by atoms with Crippen LogP contribution in [0.1, 0.15) is 47.1 Å². The van der Waals surface area contributed by atoms with Gasteiger partial charge in [0.05, 0.1) is 11.1 Å². The highest BCUT2D eigenvalue weighted by Crippen LogP contribution is 2.24. The fourth-order valence-corrected chi connectivity index (χ4v) is 3.08. The molecule has 1 aliphatic rings. The van der Waals surface area contributed by atoms with Crippen LogP contribution in [-0.2, 0) is 20.8 Å². The first kappa shape index (κ1) is 22.0. The number of amides is 3. The number of imide groups is 1. The number of carbonyl (C=O) groups is 4. The Morgan fingerprint density at radius 3 is 1.97 bits per heavy atom. The third-order valence-electron chi connectivity index (χ3n) is 4.63. The van der Waals surface area contributed by atoms with Crippen molar-refractivity contribution in [2.75, 3.05) is 7.05 Å². The standard InChI is InChI=1S/C23H24N2O6/c1-23(2,3)30-22(29)24(4)18(14-15-10-6-5-7-11-15)21(28)31-25-19(26)16-12-8-9-13-17(16)20(25)27/h5-13,18H,14H2,1-4H3. The molecule has 1 atom stereocenters. The molecule has 8 heteroatoms. The first-order valence-electron chi connectivity index (χ1n) is 9.78. The molecule has 0 spiro atoms. The molecule has 0 N–H and O–H groups in total. The van der Waals surface area contributed by atoms with Gasteiger partial charge in [0.15, 0.2) is 0 Å². The Balaban J connectivity index is 1.83. The maximum atomic E-state index is 13.0. The predicted octanol–water partition coefficient (Wildman–Crippen LogP) is 3.22. The summed E-state index contributed by atoms with van der Waals surface area (Å²) >= 11 is 0. The average molecular weight is 424 g/mol. The summed E-state index contributed by atoms with van der Waals surface area (Å²) in [5, 5.41) is 0.438. The van der Waals surface area contributed by atoms with Crippen LogP contribution >= 0.6 is 0 Å². The van der Waals surface area contributed by atoms with Gasteiger partial charge in [-0.05, 0) is 38.5 Å². The Bertz CT molecular complexity index is 977. The summed E-state index contributed by atoms with van der Waals surface area (Å²) < 4.78 is 5.36. The second-order valence-corrected chi connectivity index (χ2v) is 8.16. The van der Waals surface area contributed by atoms with Gasteiger partial charge in [-0.3, -0.25) is 14.5 Å². The minimum absolute atomic E-state index is 0.110. The zero-order valence-electron chi connectivity index (χ0n) is 17.8. The molecule has 0 bridgehead atoms. The minimum Gasteiger partial charge on any atom is -0.444 e. The highest BCUT2D eigenvalue weighted by Gasteiger charge is 2.41. The summed E-state index contributed by atoms with van der Waals surface area (Å²) in [6.07, 6.45) is -0.619. The molecular formula is C23H24N2O6. The molecule has 1 unspecified atom stereocenters. The summed E-state index contributed by atoms with van der Waals surface area (Å²) in [7, 11) is 1.41. The van der Waals surface area contributed by atoms with Crippen molar-refractivity contribution < 1.29 is 28.8 Å². The first-order valence-corrected chi connectivity index (χ1v) is 9.78. The van der Waals surface area contributed by atoms with Gasteiger partial charge in [-0.25, -0.2) is 9.59 Å². The number of benzene rings is 2.